The lowest BCUT2D eigenvalue weighted by Gasteiger charge is -2.36. The van der Waals surface area contributed by atoms with Gasteiger partial charge >= 0.3 is 23.2 Å². The van der Waals surface area contributed by atoms with Crippen molar-refractivity contribution in [3.05, 3.63) is 35.9 Å². The van der Waals surface area contributed by atoms with Crippen molar-refractivity contribution in [3.8, 4) is 0 Å². The summed E-state index contributed by atoms with van der Waals surface area (Å²) in [5.74, 6) is -1.22. The third kappa shape index (κ3) is 4.33. The van der Waals surface area contributed by atoms with Gasteiger partial charge in [-0.2, -0.15) is 21.6 Å². The molecule has 6 nitrogen and oxygen atoms in total. The first kappa shape index (κ1) is 20.1. The summed E-state index contributed by atoms with van der Waals surface area (Å²) >= 11 is 0. The van der Waals surface area contributed by atoms with Gasteiger partial charge in [-0.3, -0.25) is 4.57 Å². The number of hydrogen-bond donors (Lipinski definition) is 2. The second-order valence-electron chi connectivity index (χ2n) is 5.19. The van der Waals surface area contributed by atoms with Crippen molar-refractivity contribution in [2.24, 2.45) is 5.92 Å². The van der Waals surface area contributed by atoms with Gasteiger partial charge in [-0.15, -0.1) is 0 Å². The fourth-order valence-electron chi connectivity index (χ4n) is 1.94. The summed E-state index contributed by atoms with van der Waals surface area (Å²) in [7, 11) is -11.6. The van der Waals surface area contributed by atoms with E-state index in [-0.39, 0.29) is 5.56 Å². The summed E-state index contributed by atoms with van der Waals surface area (Å²) in [5, 5.41) is -2.86. The van der Waals surface area contributed by atoms with Gasteiger partial charge in [-0.25, -0.2) is 4.18 Å². The maximum Gasteiger partial charge on any atom is 0.523 e. The van der Waals surface area contributed by atoms with Gasteiger partial charge in [0.25, 0.3) is 0 Å². The van der Waals surface area contributed by atoms with Crippen molar-refractivity contribution in [1.29, 1.82) is 0 Å². The zero-order valence-electron chi connectivity index (χ0n) is 12.2. The largest absolute Gasteiger partial charge is 0.523 e. The maximum absolute atomic E-state index is 12.6. The van der Waals surface area contributed by atoms with Crippen LogP contribution in [0.3, 0.4) is 0 Å². The minimum atomic E-state index is -6.20. The van der Waals surface area contributed by atoms with Crippen molar-refractivity contribution in [2.45, 2.75) is 31.1 Å². The van der Waals surface area contributed by atoms with Crippen LogP contribution in [0.1, 0.15) is 19.4 Å². The average molecular weight is 376 g/mol. The van der Waals surface area contributed by atoms with Gasteiger partial charge in [0, 0.05) is 6.42 Å². The predicted octanol–water partition coefficient (Wildman–Crippen LogP) is 2.63. The Morgan fingerprint density at radius 1 is 1.17 bits per heavy atom. The van der Waals surface area contributed by atoms with Crippen LogP contribution in [0.5, 0.6) is 0 Å². The molecule has 0 saturated heterocycles. The van der Waals surface area contributed by atoms with Crippen LogP contribution in [0, 0.1) is 5.92 Å². The molecule has 0 heterocycles. The molecule has 1 rings (SSSR count). The van der Waals surface area contributed by atoms with Crippen molar-refractivity contribution in [3.63, 3.8) is 0 Å². The molecule has 0 spiro atoms. The lowest BCUT2D eigenvalue weighted by Crippen LogP contribution is -2.45. The third-order valence-corrected chi connectivity index (χ3v) is 6.19. The molecule has 1 aromatic carbocycles. The van der Waals surface area contributed by atoms with Gasteiger partial charge in [0.1, 0.15) is 0 Å². The number of hydrogen-bond acceptors (Lipinski definition) is 4. The molecule has 23 heavy (non-hydrogen) atoms. The molecule has 0 aliphatic carbocycles. The maximum atomic E-state index is 12.6. The standard InChI is InChI=1S/C12H16F3O6PS/c1-9(2)11(22(16,17)18,8-10-6-4-3-5-7-10)21-23(19,20)12(13,14)15/h3-7,9H,8H2,1-2H3,(H2,16,17,18). The summed E-state index contributed by atoms with van der Waals surface area (Å²) < 4.78 is 76.3. The first-order chi connectivity index (χ1) is 10.2. The molecule has 0 aliphatic rings. The van der Waals surface area contributed by atoms with Crippen LogP contribution in [0.2, 0.25) is 0 Å². The number of rotatable bonds is 6. The van der Waals surface area contributed by atoms with E-state index >= 15 is 0 Å². The summed E-state index contributed by atoms with van der Waals surface area (Å²) in [5.41, 5.74) is -5.57. The molecule has 11 heteroatoms. The third-order valence-electron chi connectivity index (χ3n) is 3.23. The zero-order chi connectivity index (χ0) is 18.1. The molecule has 0 radical (unpaired) electrons. The van der Waals surface area contributed by atoms with E-state index in [9.17, 15) is 35.9 Å². The Labute approximate surface area is 131 Å². The molecule has 1 aromatic rings. The number of alkyl halides is 3. The highest BCUT2D eigenvalue weighted by Gasteiger charge is 2.59. The van der Waals surface area contributed by atoms with E-state index in [0.29, 0.717) is 0 Å². The Hall–Kier alpha value is -0.930. The molecular formula is C12H16F3O6PS. The van der Waals surface area contributed by atoms with Gasteiger partial charge in [0.2, 0.25) is 0 Å². The molecule has 0 aliphatic heterocycles. The van der Waals surface area contributed by atoms with E-state index in [1.165, 1.54) is 38.1 Å². The van der Waals surface area contributed by atoms with Crippen molar-refractivity contribution in [1.82, 2.24) is 0 Å². The zero-order valence-corrected chi connectivity index (χ0v) is 13.9. The Bertz CT molecular complexity index is 682. The predicted molar refractivity (Wildman–Crippen MR) is 75.8 cm³/mol. The van der Waals surface area contributed by atoms with Crippen LogP contribution in [0.15, 0.2) is 30.3 Å². The molecule has 132 valence electrons. The van der Waals surface area contributed by atoms with Crippen molar-refractivity contribution < 1.29 is 40.1 Å². The molecule has 0 aromatic heterocycles. The molecule has 0 fully saturated rings. The fraction of sp³-hybridized carbons (Fsp3) is 0.500. The minimum Gasteiger partial charge on any atom is -0.322 e. The van der Waals surface area contributed by atoms with E-state index in [2.05, 4.69) is 4.18 Å². The fourth-order valence-corrected chi connectivity index (χ4v) is 4.41. The minimum absolute atomic E-state index is 0.224. The molecule has 1 atom stereocenters. The van der Waals surface area contributed by atoms with Gasteiger partial charge in [-0.1, -0.05) is 44.2 Å². The van der Waals surface area contributed by atoms with E-state index < -0.39 is 40.9 Å². The van der Waals surface area contributed by atoms with Crippen LogP contribution >= 0.6 is 7.60 Å². The Morgan fingerprint density at radius 3 is 2.00 bits per heavy atom. The van der Waals surface area contributed by atoms with Crippen molar-refractivity contribution in [2.75, 3.05) is 0 Å². The van der Waals surface area contributed by atoms with E-state index in [4.69, 9.17) is 0 Å². The number of benzene rings is 1. The first-order valence-electron chi connectivity index (χ1n) is 6.34. The highest BCUT2D eigenvalue weighted by Crippen LogP contribution is 2.58. The average Bonchev–Trinajstić information content (AvgIpc) is 2.35. The Morgan fingerprint density at radius 2 is 1.65 bits per heavy atom. The molecule has 0 saturated carbocycles. The van der Waals surface area contributed by atoms with E-state index in [1.807, 2.05) is 0 Å². The smallest absolute Gasteiger partial charge is 0.322 e. The first-order valence-corrected chi connectivity index (χ1v) is 9.36. The van der Waals surface area contributed by atoms with Gasteiger partial charge in [0.05, 0.1) is 0 Å². The Balaban J connectivity index is 3.46. The summed E-state index contributed by atoms with van der Waals surface area (Å²) in [4.78, 5) is 19.1. The number of halogens is 3. The van der Waals surface area contributed by atoms with E-state index in [1.54, 1.807) is 6.07 Å². The van der Waals surface area contributed by atoms with Gasteiger partial charge in [0.15, 0.2) is 5.34 Å². The second-order valence-corrected chi connectivity index (χ2v) is 8.57. The topological polar surface area (TPSA) is 101 Å². The summed E-state index contributed by atoms with van der Waals surface area (Å²) in [6, 6.07) is 7.38. The Kier molecular flexibility index (Phi) is 5.71. The van der Waals surface area contributed by atoms with Crippen LogP contribution in [0.25, 0.3) is 0 Å². The molecule has 1 unspecified atom stereocenters. The van der Waals surface area contributed by atoms with Gasteiger partial charge < -0.3 is 9.79 Å². The molecular weight excluding hydrogens is 360 g/mol. The molecule has 0 bridgehead atoms. The highest BCUT2D eigenvalue weighted by molar-refractivity contribution is 7.87. The van der Waals surface area contributed by atoms with Crippen LogP contribution in [-0.4, -0.2) is 29.1 Å². The van der Waals surface area contributed by atoms with Crippen LogP contribution in [-0.2, 0) is 25.3 Å². The highest BCUT2D eigenvalue weighted by atomic mass is 32.2. The summed E-state index contributed by atoms with van der Waals surface area (Å²) in [6.07, 6.45) is -0.703. The molecule has 2 N–H and O–H groups in total. The van der Waals surface area contributed by atoms with Crippen LogP contribution < -0.4 is 0 Å². The monoisotopic (exact) mass is 376 g/mol. The normalized spacial score (nSPS) is 16.3. The summed E-state index contributed by atoms with van der Waals surface area (Å²) in [6.45, 7) is 2.35. The second kappa shape index (κ2) is 6.52. The van der Waals surface area contributed by atoms with Crippen LogP contribution in [0.4, 0.5) is 13.2 Å². The lowest BCUT2D eigenvalue weighted by atomic mass is 9.98. The lowest BCUT2D eigenvalue weighted by molar-refractivity contribution is -0.0635. The molecule has 0 amide bonds. The van der Waals surface area contributed by atoms with E-state index in [0.717, 1.165) is 0 Å². The van der Waals surface area contributed by atoms with Gasteiger partial charge in [-0.05, 0) is 11.5 Å². The van der Waals surface area contributed by atoms with Crippen molar-refractivity contribution >= 4 is 17.7 Å². The SMILES string of the molecule is CC(C)C(Cc1ccccc1)(OS(=O)(=O)C(F)(F)F)P(=O)(O)O. The quantitative estimate of drug-likeness (QED) is 0.450.